The monoisotopic (exact) mass is 479 g/mol. The number of carbonyl (C=O) groups is 3. The number of hydrogen-bond donors (Lipinski definition) is 0. The Morgan fingerprint density at radius 3 is 2.38 bits per heavy atom. The average molecular weight is 480 g/mol. The van der Waals surface area contributed by atoms with Crippen molar-refractivity contribution in [1.82, 2.24) is 9.88 Å². The zero-order valence-corrected chi connectivity index (χ0v) is 19.8. The van der Waals surface area contributed by atoms with Gasteiger partial charge in [0, 0.05) is 25.9 Å². The quantitative estimate of drug-likeness (QED) is 0.390. The Hall–Kier alpha value is -3.39. The van der Waals surface area contributed by atoms with Gasteiger partial charge in [-0.2, -0.15) is 0 Å². The Morgan fingerprint density at radius 2 is 1.65 bits per heavy atom. The van der Waals surface area contributed by atoms with E-state index in [-0.39, 0.29) is 36.4 Å². The van der Waals surface area contributed by atoms with Crippen LogP contribution in [0.3, 0.4) is 0 Å². The second-order valence-electron chi connectivity index (χ2n) is 8.34. The first-order valence-electron chi connectivity index (χ1n) is 11.3. The van der Waals surface area contributed by atoms with Gasteiger partial charge in [0.05, 0.1) is 17.1 Å². The van der Waals surface area contributed by atoms with Crippen LogP contribution >= 0.6 is 11.3 Å². The van der Waals surface area contributed by atoms with Gasteiger partial charge in [-0.25, -0.2) is 14.2 Å². The molecule has 0 unspecified atom stereocenters. The van der Waals surface area contributed by atoms with Gasteiger partial charge in [0.2, 0.25) is 0 Å². The summed E-state index contributed by atoms with van der Waals surface area (Å²) < 4.78 is 13.0. The summed E-state index contributed by atoms with van der Waals surface area (Å²) in [6.45, 7) is 2.67. The summed E-state index contributed by atoms with van der Waals surface area (Å²) in [6, 6.07) is 15.6. The summed E-state index contributed by atoms with van der Waals surface area (Å²) in [7, 11) is 0. The zero-order chi connectivity index (χ0) is 24.1. The van der Waals surface area contributed by atoms with Gasteiger partial charge >= 0.3 is 6.03 Å². The molecule has 1 aliphatic rings. The highest BCUT2D eigenvalue weighted by molar-refractivity contribution is 7.17. The first-order chi connectivity index (χ1) is 16.4. The largest absolute Gasteiger partial charge is 0.326 e. The zero-order valence-electron chi connectivity index (χ0n) is 19.0. The van der Waals surface area contributed by atoms with Crippen molar-refractivity contribution in [2.45, 2.75) is 32.6 Å². The first kappa shape index (κ1) is 23.8. The van der Waals surface area contributed by atoms with E-state index < -0.39 is 0 Å². The third kappa shape index (κ3) is 5.75. The number of urea groups is 1. The molecule has 1 aliphatic heterocycles. The lowest BCUT2D eigenvalue weighted by atomic mass is 10.1. The van der Waals surface area contributed by atoms with Crippen LogP contribution in [-0.2, 0) is 17.6 Å². The van der Waals surface area contributed by atoms with Crippen molar-refractivity contribution in [3.8, 4) is 0 Å². The summed E-state index contributed by atoms with van der Waals surface area (Å²) in [5.74, 6) is -0.340. The van der Waals surface area contributed by atoms with E-state index in [1.54, 1.807) is 24.0 Å². The lowest BCUT2D eigenvalue weighted by Crippen LogP contribution is -2.35. The smallest absolute Gasteiger partial charge is 0.315 e. The first-order valence-corrected chi connectivity index (χ1v) is 12.1. The average Bonchev–Trinajstić information content (AvgIpc) is 3.40. The third-order valence-electron chi connectivity index (χ3n) is 5.82. The molecule has 6 nitrogen and oxygen atoms in total. The Morgan fingerprint density at radius 1 is 0.971 bits per heavy atom. The SMILES string of the molecule is Cc1nc(N2CCN(CC(=O)CCc3ccc(F)cc3)C2=O)sc1C(=O)CCc1ccccc1. The van der Waals surface area contributed by atoms with Gasteiger partial charge in [-0.15, -0.1) is 0 Å². The molecule has 4 rings (SSSR count). The number of aromatic nitrogens is 1. The van der Waals surface area contributed by atoms with Crippen LogP contribution in [0.5, 0.6) is 0 Å². The number of anilines is 1. The Kier molecular flexibility index (Phi) is 7.47. The van der Waals surface area contributed by atoms with Gasteiger partial charge in [0.1, 0.15) is 5.82 Å². The van der Waals surface area contributed by atoms with Crippen molar-refractivity contribution in [2.24, 2.45) is 0 Å². The summed E-state index contributed by atoms with van der Waals surface area (Å²) in [5.41, 5.74) is 2.61. The predicted molar refractivity (Wildman–Crippen MR) is 130 cm³/mol. The second kappa shape index (κ2) is 10.7. The third-order valence-corrected chi connectivity index (χ3v) is 7.04. The van der Waals surface area contributed by atoms with Crippen LogP contribution in [0.25, 0.3) is 0 Å². The molecule has 2 heterocycles. The van der Waals surface area contributed by atoms with Crippen LogP contribution in [0.15, 0.2) is 54.6 Å². The van der Waals surface area contributed by atoms with Gasteiger partial charge in [-0.3, -0.25) is 14.5 Å². The minimum absolute atomic E-state index is 0.0181. The summed E-state index contributed by atoms with van der Waals surface area (Å²) >= 11 is 1.24. The Labute approximate surface area is 202 Å². The van der Waals surface area contributed by atoms with Crippen molar-refractivity contribution in [1.29, 1.82) is 0 Å². The van der Waals surface area contributed by atoms with Gasteiger partial charge < -0.3 is 4.90 Å². The number of ketones is 2. The van der Waals surface area contributed by atoms with Gasteiger partial charge in [-0.05, 0) is 43.0 Å². The minimum Gasteiger partial charge on any atom is -0.315 e. The van der Waals surface area contributed by atoms with Crippen molar-refractivity contribution >= 4 is 34.1 Å². The van der Waals surface area contributed by atoms with Gasteiger partial charge in [0.25, 0.3) is 0 Å². The van der Waals surface area contributed by atoms with E-state index in [0.29, 0.717) is 48.1 Å². The molecular weight excluding hydrogens is 453 g/mol. The molecule has 176 valence electrons. The fourth-order valence-electron chi connectivity index (χ4n) is 3.91. The molecule has 3 aromatic rings. The number of aryl methyl sites for hydroxylation is 3. The lowest BCUT2D eigenvalue weighted by Gasteiger charge is -2.16. The fraction of sp³-hybridized carbons (Fsp3) is 0.308. The van der Waals surface area contributed by atoms with E-state index in [1.807, 2.05) is 30.3 Å². The molecule has 0 bridgehead atoms. The van der Waals surface area contributed by atoms with Crippen molar-refractivity contribution < 1.29 is 18.8 Å². The van der Waals surface area contributed by atoms with Crippen LogP contribution in [0.2, 0.25) is 0 Å². The number of rotatable bonds is 10. The molecule has 2 aromatic carbocycles. The molecule has 2 amide bonds. The molecule has 1 fully saturated rings. The number of benzene rings is 2. The number of nitrogens with zero attached hydrogens (tertiary/aromatic N) is 3. The number of hydrogen-bond acceptors (Lipinski definition) is 5. The Balaban J connectivity index is 1.31. The van der Waals surface area contributed by atoms with E-state index >= 15 is 0 Å². The maximum atomic E-state index is 13.0. The highest BCUT2D eigenvalue weighted by Gasteiger charge is 2.33. The molecule has 34 heavy (non-hydrogen) atoms. The topological polar surface area (TPSA) is 70.6 Å². The molecule has 0 radical (unpaired) electrons. The number of thiazole rings is 1. The summed E-state index contributed by atoms with van der Waals surface area (Å²) in [6.07, 6.45) is 1.83. The number of amides is 2. The van der Waals surface area contributed by atoms with Crippen LogP contribution in [0.1, 0.15) is 39.3 Å². The molecule has 0 spiro atoms. The number of Topliss-reactive ketones (excluding diaryl/α,β-unsaturated/α-hetero) is 2. The van der Waals surface area contributed by atoms with Gasteiger partial charge in [0.15, 0.2) is 16.7 Å². The van der Waals surface area contributed by atoms with Crippen LogP contribution in [-0.4, -0.2) is 47.1 Å². The van der Waals surface area contributed by atoms with Crippen molar-refractivity contribution in [3.63, 3.8) is 0 Å². The molecule has 0 saturated carbocycles. The molecule has 8 heteroatoms. The van der Waals surface area contributed by atoms with E-state index in [0.717, 1.165) is 11.1 Å². The van der Waals surface area contributed by atoms with Crippen LogP contribution < -0.4 is 4.90 Å². The molecule has 0 N–H and O–H groups in total. The van der Waals surface area contributed by atoms with E-state index in [4.69, 9.17) is 0 Å². The van der Waals surface area contributed by atoms with E-state index in [1.165, 1.54) is 28.4 Å². The van der Waals surface area contributed by atoms with Crippen LogP contribution in [0.4, 0.5) is 14.3 Å². The molecule has 1 aromatic heterocycles. The normalized spacial score (nSPS) is 13.5. The highest BCUT2D eigenvalue weighted by Crippen LogP contribution is 2.30. The molecule has 0 atom stereocenters. The van der Waals surface area contributed by atoms with Crippen molar-refractivity contribution in [3.05, 3.63) is 82.1 Å². The van der Waals surface area contributed by atoms with Crippen molar-refractivity contribution in [2.75, 3.05) is 24.5 Å². The standard InChI is InChI=1S/C26H26FN3O3S/c1-18-24(23(32)14-10-19-5-3-2-4-6-19)34-25(28-18)30-16-15-29(26(30)33)17-22(31)13-9-20-7-11-21(27)12-8-20/h2-8,11-12H,9-10,13-17H2,1H3. The van der Waals surface area contributed by atoms with E-state index in [2.05, 4.69) is 4.98 Å². The maximum absolute atomic E-state index is 13.0. The molecule has 0 aliphatic carbocycles. The van der Waals surface area contributed by atoms with Crippen LogP contribution in [0, 0.1) is 12.7 Å². The predicted octanol–water partition coefficient (Wildman–Crippen LogP) is 4.85. The Bertz CT molecular complexity index is 1180. The lowest BCUT2D eigenvalue weighted by molar-refractivity contribution is -0.119. The number of halogens is 1. The highest BCUT2D eigenvalue weighted by atomic mass is 32.1. The maximum Gasteiger partial charge on any atom is 0.326 e. The second-order valence-corrected chi connectivity index (χ2v) is 9.32. The molecule has 1 saturated heterocycles. The molecular formula is C26H26FN3O3S. The van der Waals surface area contributed by atoms with Gasteiger partial charge in [-0.1, -0.05) is 53.8 Å². The fourth-order valence-corrected chi connectivity index (χ4v) is 4.96. The minimum atomic E-state index is -0.309. The summed E-state index contributed by atoms with van der Waals surface area (Å²) in [5, 5.41) is 0.492. The summed E-state index contributed by atoms with van der Waals surface area (Å²) in [4.78, 5) is 46.2. The number of carbonyl (C=O) groups excluding carboxylic acids is 3. The van der Waals surface area contributed by atoms with E-state index in [9.17, 15) is 18.8 Å².